The van der Waals surface area contributed by atoms with E-state index in [4.69, 9.17) is 23.6 Å². The number of esters is 1. The highest BCUT2D eigenvalue weighted by molar-refractivity contribution is 8.13. The van der Waals surface area contributed by atoms with E-state index in [1.54, 1.807) is 0 Å². The molecule has 0 aromatic heterocycles. The number of rotatable bonds is 27. The second-order valence-corrected chi connectivity index (χ2v) is 16.0. The lowest BCUT2D eigenvalue weighted by Crippen LogP contribution is -2.64. The zero-order valence-electron chi connectivity index (χ0n) is 28.2. The molecule has 1 fully saturated rings. The van der Waals surface area contributed by atoms with Crippen LogP contribution in [0, 0.1) is 0 Å². The Labute approximate surface area is 288 Å². The second kappa shape index (κ2) is 24.7. The Morgan fingerprint density at radius 2 is 1.17 bits per heavy atom. The molecule has 0 spiro atoms. The maximum atomic E-state index is 12.8. The standard InChI is InChI=1S/C30H58O15P2S/c1-3-5-6-7-8-9-10-11-12-13-14-15-16-18-23(31)43-22(19-20-48-24(32)17-4-2)21-42-47(40,41)45-30-27(35)25(33)26(34)29(28(30)36)44-46(37,38)39/h22,25-30,33-36H,3-21H2,1-2H3,(H,40,41)(H2,37,38,39)/t22-,25+,26?,27?,28-,29-,30?/m1/s1. The molecule has 0 heterocycles. The lowest BCUT2D eigenvalue weighted by Gasteiger charge is -2.43. The zero-order chi connectivity index (χ0) is 36.2. The summed E-state index contributed by atoms with van der Waals surface area (Å²) in [6.07, 6.45) is 1.78. The summed E-state index contributed by atoms with van der Waals surface area (Å²) in [7, 11) is -10.5. The van der Waals surface area contributed by atoms with Crippen molar-refractivity contribution in [1.29, 1.82) is 0 Å². The number of hydrogen-bond donors (Lipinski definition) is 7. The molecule has 0 bridgehead atoms. The van der Waals surface area contributed by atoms with Crippen molar-refractivity contribution in [2.75, 3.05) is 12.4 Å². The van der Waals surface area contributed by atoms with Crippen LogP contribution in [0.4, 0.5) is 0 Å². The average molecular weight is 753 g/mol. The first-order chi connectivity index (χ1) is 22.6. The van der Waals surface area contributed by atoms with Crippen molar-refractivity contribution < 1.29 is 72.1 Å². The third-order valence-corrected chi connectivity index (χ3v) is 10.4. The maximum absolute atomic E-state index is 12.8. The molecule has 0 aromatic rings. The fourth-order valence-electron chi connectivity index (χ4n) is 5.24. The van der Waals surface area contributed by atoms with Gasteiger partial charge in [-0.15, -0.1) is 0 Å². The summed E-state index contributed by atoms with van der Waals surface area (Å²) in [5.41, 5.74) is 0. The van der Waals surface area contributed by atoms with Gasteiger partial charge in [-0.05, 0) is 19.3 Å². The summed E-state index contributed by atoms with van der Waals surface area (Å²) in [4.78, 5) is 53.0. The van der Waals surface area contributed by atoms with Crippen molar-refractivity contribution in [3.63, 3.8) is 0 Å². The molecule has 1 aliphatic rings. The molecule has 15 nitrogen and oxygen atoms in total. The van der Waals surface area contributed by atoms with Gasteiger partial charge in [-0.2, -0.15) is 0 Å². The first kappa shape index (κ1) is 45.6. The van der Waals surface area contributed by atoms with Gasteiger partial charge >= 0.3 is 21.6 Å². The van der Waals surface area contributed by atoms with Crippen LogP contribution in [0.3, 0.4) is 0 Å². The molecule has 0 saturated heterocycles. The summed E-state index contributed by atoms with van der Waals surface area (Å²) in [6.45, 7) is 3.39. The summed E-state index contributed by atoms with van der Waals surface area (Å²) in [6, 6.07) is 0. The smallest absolute Gasteiger partial charge is 0.460 e. The van der Waals surface area contributed by atoms with Gasteiger partial charge in [-0.25, -0.2) is 9.13 Å². The number of aliphatic hydroxyl groups is 4. The number of carbonyl (C=O) groups is 2. The Morgan fingerprint density at radius 3 is 1.67 bits per heavy atom. The van der Waals surface area contributed by atoms with E-state index in [1.165, 1.54) is 51.4 Å². The van der Waals surface area contributed by atoms with Gasteiger partial charge in [0, 0.05) is 18.6 Å². The minimum atomic E-state index is -5.32. The van der Waals surface area contributed by atoms with E-state index in [0.29, 0.717) is 19.3 Å². The first-order valence-electron chi connectivity index (χ1n) is 17.1. The zero-order valence-corrected chi connectivity index (χ0v) is 30.8. The number of ether oxygens (including phenoxy) is 1. The van der Waals surface area contributed by atoms with Crippen molar-refractivity contribution in [3.8, 4) is 0 Å². The van der Waals surface area contributed by atoms with Gasteiger partial charge in [-0.1, -0.05) is 103 Å². The number of thioether (sulfide) groups is 1. The fraction of sp³-hybridized carbons (Fsp3) is 0.933. The van der Waals surface area contributed by atoms with Crippen molar-refractivity contribution in [1.82, 2.24) is 0 Å². The SMILES string of the molecule is CCCCCCCCCCCCCCCC(=O)O[C@H](CCSC(=O)CCC)COP(=O)(O)OC1C(O)[C@@H](O)C(O)[C@@H](OP(=O)(O)O)[C@H]1O. The summed E-state index contributed by atoms with van der Waals surface area (Å²) in [5, 5.41) is 40.7. The Morgan fingerprint density at radius 1 is 0.667 bits per heavy atom. The molecule has 0 aliphatic heterocycles. The number of aliphatic hydroxyl groups excluding tert-OH is 4. The molecule has 0 amide bonds. The molecule has 18 heteroatoms. The van der Waals surface area contributed by atoms with Gasteiger partial charge in [-0.3, -0.25) is 23.2 Å². The summed E-state index contributed by atoms with van der Waals surface area (Å²) in [5.74, 6) is -0.334. The minimum absolute atomic E-state index is 0.0697. The molecule has 4 unspecified atom stereocenters. The van der Waals surface area contributed by atoms with Crippen LogP contribution in [0.2, 0.25) is 0 Å². The van der Waals surface area contributed by atoms with E-state index < -0.39 is 70.9 Å². The highest BCUT2D eigenvalue weighted by atomic mass is 32.2. The number of phosphoric acid groups is 2. The van der Waals surface area contributed by atoms with Crippen LogP contribution < -0.4 is 0 Å². The molecule has 7 N–H and O–H groups in total. The number of phosphoric ester groups is 2. The van der Waals surface area contributed by atoms with Gasteiger partial charge in [0.15, 0.2) is 5.12 Å². The fourth-order valence-corrected chi connectivity index (χ4v) is 7.74. The van der Waals surface area contributed by atoms with E-state index in [9.17, 15) is 44.0 Å². The predicted molar refractivity (Wildman–Crippen MR) is 179 cm³/mol. The highest BCUT2D eigenvalue weighted by Gasteiger charge is 2.54. The van der Waals surface area contributed by atoms with Crippen LogP contribution in [0.5, 0.6) is 0 Å². The molecule has 1 aliphatic carbocycles. The maximum Gasteiger partial charge on any atom is 0.472 e. The Kier molecular flexibility index (Phi) is 23.4. The van der Waals surface area contributed by atoms with Crippen LogP contribution in [0.15, 0.2) is 0 Å². The summed E-state index contributed by atoms with van der Waals surface area (Å²) >= 11 is 1.02. The van der Waals surface area contributed by atoms with Crippen molar-refractivity contribution in [2.24, 2.45) is 0 Å². The molecule has 284 valence electrons. The summed E-state index contributed by atoms with van der Waals surface area (Å²) < 4.78 is 43.6. The molecule has 1 rings (SSSR count). The van der Waals surface area contributed by atoms with Crippen LogP contribution >= 0.6 is 27.4 Å². The van der Waals surface area contributed by atoms with Crippen molar-refractivity contribution in [3.05, 3.63) is 0 Å². The van der Waals surface area contributed by atoms with Crippen molar-refractivity contribution >= 4 is 38.5 Å². The lowest BCUT2D eigenvalue weighted by atomic mass is 9.85. The van der Waals surface area contributed by atoms with Crippen molar-refractivity contribution in [2.45, 2.75) is 166 Å². The molecule has 48 heavy (non-hydrogen) atoms. The van der Waals surface area contributed by atoms with Gasteiger partial charge in [0.2, 0.25) is 0 Å². The third-order valence-electron chi connectivity index (χ3n) is 7.92. The van der Waals surface area contributed by atoms with E-state index >= 15 is 0 Å². The molecule has 1 saturated carbocycles. The molecular weight excluding hydrogens is 694 g/mol. The van der Waals surface area contributed by atoms with Gasteiger partial charge in [0.1, 0.15) is 42.7 Å². The van der Waals surface area contributed by atoms with Gasteiger partial charge in [0.05, 0.1) is 6.61 Å². The minimum Gasteiger partial charge on any atom is -0.460 e. The van der Waals surface area contributed by atoms with E-state index in [2.05, 4.69) is 11.4 Å². The average Bonchev–Trinajstić information content (AvgIpc) is 3.01. The molecule has 8 atom stereocenters. The largest absolute Gasteiger partial charge is 0.472 e. The molecular formula is C30H58O15P2S. The Hall–Kier alpha value is -0.450. The topological polar surface area (TPSA) is 247 Å². The lowest BCUT2D eigenvalue weighted by molar-refractivity contribution is -0.216. The number of unbranched alkanes of at least 4 members (excludes halogenated alkanes) is 12. The first-order valence-corrected chi connectivity index (χ1v) is 21.1. The quantitative estimate of drug-likeness (QED) is 0.0352. The van der Waals surface area contributed by atoms with Crippen LogP contribution in [0.25, 0.3) is 0 Å². The van der Waals surface area contributed by atoms with Gasteiger partial charge in [0.25, 0.3) is 0 Å². The van der Waals surface area contributed by atoms with E-state index in [0.717, 1.165) is 37.4 Å². The number of carbonyl (C=O) groups excluding carboxylic acids is 2. The molecule has 0 radical (unpaired) electrons. The highest BCUT2D eigenvalue weighted by Crippen LogP contribution is 2.49. The Bertz CT molecular complexity index is 999. The predicted octanol–water partition coefficient (Wildman–Crippen LogP) is 4.27. The van der Waals surface area contributed by atoms with Crippen LogP contribution in [0.1, 0.15) is 123 Å². The van der Waals surface area contributed by atoms with Crippen LogP contribution in [-0.4, -0.2) is 101 Å². The van der Waals surface area contributed by atoms with Gasteiger partial charge < -0.3 is 39.8 Å². The molecule has 0 aromatic carbocycles. The Balaban J connectivity index is 2.61. The third kappa shape index (κ3) is 19.8. The second-order valence-electron chi connectivity index (χ2n) is 12.2. The van der Waals surface area contributed by atoms with E-state index in [1.807, 2.05) is 6.92 Å². The monoisotopic (exact) mass is 752 g/mol. The number of hydrogen-bond acceptors (Lipinski definition) is 13. The normalized spacial score (nSPS) is 25.0. The van der Waals surface area contributed by atoms with E-state index in [-0.39, 0.29) is 23.7 Å². The van der Waals surface area contributed by atoms with Crippen LogP contribution in [-0.2, 0) is 37.0 Å².